The molecule has 0 aliphatic heterocycles. The average Bonchev–Trinajstić information content (AvgIpc) is 2.75. The molecule has 4 aromatic rings. The fourth-order valence-electron chi connectivity index (χ4n) is 2.89. The Balaban J connectivity index is 1.44. The molecule has 2 aromatic carbocycles. The molecule has 2 heterocycles. The predicted molar refractivity (Wildman–Crippen MR) is 116 cm³/mol. The maximum absolute atomic E-state index is 12.6. The van der Waals surface area contributed by atoms with Gasteiger partial charge in [0.15, 0.2) is 0 Å². The zero-order valence-electron chi connectivity index (χ0n) is 16.1. The van der Waals surface area contributed by atoms with Crippen molar-refractivity contribution in [1.29, 1.82) is 0 Å². The number of fused-ring (bicyclic) bond motifs is 1. The molecule has 0 bridgehead atoms. The number of amides is 2. The van der Waals surface area contributed by atoms with E-state index in [1.54, 1.807) is 36.5 Å². The topological polar surface area (TPSA) is 109 Å². The van der Waals surface area contributed by atoms with Gasteiger partial charge >= 0.3 is 0 Å². The molecule has 0 aliphatic carbocycles. The van der Waals surface area contributed by atoms with E-state index in [2.05, 4.69) is 30.9 Å². The van der Waals surface area contributed by atoms with Crippen molar-refractivity contribution in [3.05, 3.63) is 78.9 Å². The van der Waals surface area contributed by atoms with E-state index < -0.39 is 0 Å². The quantitative estimate of drug-likeness (QED) is 0.469. The number of nitrogens with one attached hydrogen (secondary N) is 3. The van der Waals surface area contributed by atoms with Gasteiger partial charge in [0.25, 0.3) is 5.91 Å². The molecule has 2 amide bonds. The predicted octanol–water partition coefficient (Wildman–Crippen LogP) is 3.98. The molecular weight excluding hydrogens is 380 g/mol. The van der Waals surface area contributed by atoms with E-state index in [1.807, 2.05) is 24.3 Å². The Morgan fingerprint density at radius 3 is 2.30 bits per heavy atom. The van der Waals surface area contributed by atoms with E-state index in [1.165, 1.54) is 19.3 Å². The number of pyridine rings is 1. The van der Waals surface area contributed by atoms with Crippen molar-refractivity contribution >= 4 is 45.6 Å². The lowest BCUT2D eigenvalue weighted by Gasteiger charge is -2.09. The summed E-state index contributed by atoms with van der Waals surface area (Å²) in [5.41, 5.74) is 2.99. The number of benzene rings is 2. The zero-order chi connectivity index (χ0) is 20.9. The molecule has 2 aromatic heterocycles. The fraction of sp³-hybridized carbons (Fsp3) is 0.0455. The summed E-state index contributed by atoms with van der Waals surface area (Å²) in [6.45, 7) is 1.45. The van der Waals surface area contributed by atoms with Gasteiger partial charge in [-0.1, -0.05) is 18.2 Å². The van der Waals surface area contributed by atoms with E-state index in [9.17, 15) is 9.59 Å². The average molecular weight is 398 g/mol. The minimum absolute atomic E-state index is 0.130. The first-order chi connectivity index (χ1) is 14.6. The van der Waals surface area contributed by atoms with E-state index in [-0.39, 0.29) is 17.5 Å². The van der Waals surface area contributed by atoms with Crippen molar-refractivity contribution in [3.8, 4) is 0 Å². The molecule has 3 N–H and O–H groups in total. The second kappa shape index (κ2) is 8.36. The smallest absolute Gasteiger partial charge is 0.275 e. The summed E-state index contributed by atoms with van der Waals surface area (Å²) < 4.78 is 0. The van der Waals surface area contributed by atoms with Crippen LogP contribution in [0.15, 0.2) is 73.2 Å². The number of nitrogens with zero attached hydrogens (tertiary/aromatic N) is 3. The zero-order valence-corrected chi connectivity index (χ0v) is 16.1. The minimum Gasteiger partial charge on any atom is -0.339 e. The molecule has 0 atom stereocenters. The lowest BCUT2D eigenvalue weighted by atomic mass is 10.2. The standard InChI is InChI=1S/C22H18N6O2/c1-14(29)26-16-7-9-17(10-8-16)27-20-13-24-19(12-25-20)22(30)28-18-6-2-4-15-5-3-11-23-21(15)18/h2-13H,1H3,(H,25,27)(H,26,29)(H,28,30). The van der Waals surface area contributed by atoms with Crippen LogP contribution in [0, 0.1) is 0 Å². The second-order valence-corrected chi connectivity index (χ2v) is 6.51. The summed E-state index contributed by atoms with van der Waals surface area (Å²) in [6.07, 6.45) is 4.57. The van der Waals surface area contributed by atoms with Crippen LogP contribution in [0.2, 0.25) is 0 Å². The highest BCUT2D eigenvalue weighted by Crippen LogP contribution is 2.21. The van der Waals surface area contributed by atoms with Crippen LogP contribution in [0.5, 0.6) is 0 Å². The molecule has 0 fully saturated rings. The summed E-state index contributed by atoms with van der Waals surface area (Å²) in [5.74, 6) is -0.00718. The van der Waals surface area contributed by atoms with E-state index >= 15 is 0 Å². The summed E-state index contributed by atoms with van der Waals surface area (Å²) in [4.78, 5) is 36.4. The van der Waals surface area contributed by atoms with E-state index in [0.29, 0.717) is 22.7 Å². The van der Waals surface area contributed by atoms with Gasteiger partial charge in [0.1, 0.15) is 11.5 Å². The first kappa shape index (κ1) is 19.0. The Labute approximate surface area is 172 Å². The number of hydrogen-bond acceptors (Lipinski definition) is 6. The molecular formula is C22H18N6O2. The van der Waals surface area contributed by atoms with Crippen LogP contribution < -0.4 is 16.0 Å². The van der Waals surface area contributed by atoms with Gasteiger partial charge in [-0.05, 0) is 36.4 Å². The van der Waals surface area contributed by atoms with Crippen LogP contribution in [-0.2, 0) is 4.79 Å². The molecule has 8 nitrogen and oxygen atoms in total. The molecule has 0 unspecified atom stereocenters. The lowest BCUT2D eigenvalue weighted by molar-refractivity contribution is -0.114. The van der Waals surface area contributed by atoms with Crippen LogP contribution in [0.25, 0.3) is 10.9 Å². The van der Waals surface area contributed by atoms with Gasteiger partial charge in [-0.2, -0.15) is 0 Å². The van der Waals surface area contributed by atoms with Crippen LogP contribution in [-0.4, -0.2) is 26.8 Å². The van der Waals surface area contributed by atoms with E-state index in [4.69, 9.17) is 0 Å². The Bertz CT molecular complexity index is 1200. The highest BCUT2D eigenvalue weighted by Gasteiger charge is 2.11. The van der Waals surface area contributed by atoms with Gasteiger partial charge in [-0.25, -0.2) is 9.97 Å². The molecule has 0 radical (unpaired) electrons. The highest BCUT2D eigenvalue weighted by molar-refractivity contribution is 6.07. The number of carbonyl (C=O) groups is 2. The highest BCUT2D eigenvalue weighted by atomic mass is 16.2. The summed E-state index contributed by atoms with van der Waals surface area (Å²) >= 11 is 0. The molecule has 0 saturated carbocycles. The molecule has 148 valence electrons. The Morgan fingerprint density at radius 1 is 0.800 bits per heavy atom. The summed E-state index contributed by atoms with van der Waals surface area (Å²) in [6, 6.07) is 16.5. The number of rotatable bonds is 5. The van der Waals surface area contributed by atoms with Crippen LogP contribution in [0.4, 0.5) is 22.9 Å². The minimum atomic E-state index is -0.369. The van der Waals surface area contributed by atoms with Gasteiger partial charge in [0, 0.05) is 29.9 Å². The van der Waals surface area contributed by atoms with Crippen molar-refractivity contribution in [2.24, 2.45) is 0 Å². The SMILES string of the molecule is CC(=O)Nc1ccc(Nc2cnc(C(=O)Nc3cccc4cccnc34)cn2)cc1. The monoisotopic (exact) mass is 398 g/mol. The maximum Gasteiger partial charge on any atom is 0.275 e. The molecule has 8 heteroatoms. The number of aromatic nitrogens is 3. The largest absolute Gasteiger partial charge is 0.339 e. The van der Waals surface area contributed by atoms with E-state index in [0.717, 1.165) is 11.1 Å². The Hall–Kier alpha value is -4.33. The van der Waals surface area contributed by atoms with Crippen molar-refractivity contribution in [2.75, 3.05) is 16.0 Å². The summed E-state index contributed by atoms with van der Waals surface area (Å²) in [5, 5.41) is 9.57. The molecule has 4 rings (SSSR count). The van der Waals surface area contributed by atoms with Gasteiger partial charge in [0.2, 0.25) is 5.91 Å². The van der Waals surface area contributed by atoms with Crippen molar-refractivity contribution in [2.45, 2.75) is 6.92 Å². The second-order valence-electron chi connectivity index (χ2n) is 6.51. The maximum atomic E-state index is 12.6. The summed E-state index contributed by atoms with van der Waals surface area (Å²) in [7, 11) is 0. The Kier molecular flexibility index (Phi) is 5.29. The van der Waals surface area contributed by atoms with Crippen LogP contribution in [0.3, 0.4) is 0 Å². The first-order valence-electron chi connectivity index (χ1n) is 9.20. The van der Waals surface area contributed by atoms with Gasteiger partial charge in [-0.15, -0.1) is 0 Å². The van der Waals surface area contributed by atoms with Crippen molar-refractivity contribution in [1.82, 2.24) is 15.0 Å². The molecule has 0 saturated heterocycles. The number of anilines is 4. The molecule has 0 aliphatic rings. The van der Waals surface area contributed by atoms with Crippen molar-refractivity contribution in [3.63, 3.8) is 0 Å². The molecule has 0 spiro atoms. The third-order valence-electron chi connectivity index (χ3n) is 4.24. The lowest BCUT2D eigenvalue weighted by Crippen LogP contribution is -2.14. The third-order valence-corrected chi connectivity index (χ3v) is 4.24. The van der Waals surface area contributed by atoms with Crippen LogP contribution in [0.1, 0.15) is 17.4 Å². The number of carbonyl (C=O) groups excluding carboxylic acids is 2. The normalized spacial score (nSPS) is 10.4. The van der Waals surface area contributed by atoms with Gasteiger partial charge < -0.3 is 16.0 Å². The number of hydrogen-bond donors (Lipinski definition) is 3. The van der Waals surface area contributed by atoms with Gasteiger partial charge in [-0.3, -0.25) is 14.6 Å². The Morgan fingerprint density at radius 2 is 1.57 bits per heavy atom. The third kappa shape index (κ3) is 4.39. The number of para-hydroxylation sites is 1. The first-order valence-corrected chi connectivity index (χ1v) is 9.20. The van der Waals surface area contributed by atoms with Gasteiger partial charge in [0.05, 0.1) is 23.6 Å². The van der Waals surface area contributed by atoms with Crippen molar-refractivity contribution < 1.29 is 9.59 Å². The van der Waals surface area contributed by atoms with Crippen LogP contribution >= 0.6 is 0 Å². The fourth-order valence-corrected chi connectivity index (χ4v) is 2.89. The molecule has 30 heavy (non-hydrogen) atoms.